The second kappa shape index (κ2) is 12.0. The van der Waals surface area contributed by atoms with Gasteiger partial charge in [-0.15, -0.1) is 0 Å². The average molecular weight is 362 g/mol. The SMILES string of the molecule is C=C(CCCO)C(=O)OCC(CO)OC(=O)C(=C)CCc1ccccc1. The second-order valence-electron chi connectivity index (χ2n) is 5.83. The van der Waals surface area contributed by atoms with E-state index in [0.29, 0.717) is 25.7 Å². The molecule has 1 atom stereocenters. The summed E-state index contributed by atoms with van der Waals surface area (Å²) in [7, 11) is 0. The summed E-state index contributed by atoms with van der Waals surface area (Å²) in [5, 5.41) is 18.0. The van der Waals surface area contributed by atoms with Crippen molar-refractivity contribution in [1.29, 1.82) is 0 Å². The normalized spacial score (nSPS) is 11.5. The molecule has 2 N–H and O–H groups in total. The van der Waals surface area contributed by atoms with Crippen LogP contribution in [0.4, 0.5) is 0 Å². The number of aryl methyl sites for hydroxylation is 1. The van der Waals surface area contributed by atoms with Gasteiger partial charge in [0.1, 0.15) is 6.61 Å². The van der Waals surface area contributed by atoms with Crippen LogP contribution in [0.15, 0.2) is 54.6 Å². The third-order valence-electron chi connectivity index (χ3n) is 3.65. The lowest BCUT2D eigenvalue weighted by atomic mass is 10.1. The number of aliphatic hydroxyl groups is 2. The number of hydrogen-bond acceptors (Lipinski definition) is 6. The van der Waals surface area contributed by atoms with Crippen molar-refractivity contribution in [3.05, 3.63) is 60.2 Å². The van der Waals surface area contributed by atoms with Crippen molar-refractivity contribution in [2.24, 2.45) is 0 Å². The van der Waals surface area contributed by atoms with Crippen LogP contribution in [-0.4, -0.2) is 48.1 Å². The molecule has 6 nitrogen and oxygen atoms in total. The molecular formula is C20H26O6. The van der Waals surface area contributed by atoms with Gasteiger partial charge in [0.2, 0.25) is 0 Å². The summed E-state index contributed by atoms with van der Waals surface area (Å²) in [6.07, 6.45) is 0.838. The van der Waals surface area contributed by atoms with Crippen molar-refractivity contribution in [2.75, 3.05) is 19.8 Å². The molecule has 0 saturated heterocycles. The molecule has 0 aliphatic carbocycles. The lowest BCUT2D eigenvalue weighted by Crippen LogP contribution is -2.29. The van der Waals surface area contributed by atoms with Crippen molar-refractivity contribution in [3.63, 3.8) is 0 Å². The Hall–Kier alpha value is -2.44. The number of aliphatic hydroxyl groups excluding tert-OH is 2. The number of hydrogen-bond donors (Lipinski definition) is 2. The first-order valence-corrected chi connectivity index (χ1v) is 8.47. The Balaban J connectivity index is 2.38. The Morgan fingerprint density at radius 3 is 2.27 bits per heavy atom. The zero-order valence-electron chi connectivity index (χ0n) is 14.9. The standard InChI is InChI=1S/C20H26O6/c1-15(7-6-12-21)19(23)25-14-18(13-22)26-20(24)16(2)10-11-17-8-4-3-5-9-17/h3-5,8-9,18,21-22H,1-2,6-7,10-14H2. The zero-order chi connectivity index (χ0) is 19.4. The van der Waals surface area contributed by atoms with Gasteiger partial charge in [-0.3, -0.25) is 0 Å². The molecule has 1 aromatic rings. The molecule has 1 aromatic carbocycles. The minimum absolute atomic E-state index is 0.0474. The molecule has 142 valence electrons. The highest BCUT2D eigenvalue weighted by Gasteiger charge is 2.19. The molecular weight excluding hydrogens is 336 g/mol. The number of rotatable bonds is 12. The van der Waals surface area contributed by atoms with Crippen molar-refractivity contribution < 1.29 is 29.3 Å². The Morgan fingerprint density at radius 1 is 1.00 bits per heavy atom. The van der Waals surface area contributed by atoms with Crippen LogP contribution in [0.25, 0.3) is 0 Å². The van der Waals surface area contributed by atoms with E-state index in [2.05, 4.69) is 13.2 Å². The second-order valence-corrected chi connectivity index (χ2v) is 5.83. The van der Waals surface area contributed by atoms with Gasteiger partial charge in [-0.2, -0.15) is 0 Å². The first kappa shape index (κ1) is 21.6. The maximum Gasteiger partial charge on any atom is 0.333 e. The molecule has 0 amide bonds. The molecule has 26 heavy (non-hydrogen) atoms. The van der Waals surface area contributed by atoms with Crippen LogP contribution in [-0.2, 0) is 25.5 Å². The Labute approximate surface area is 153 Å². The van der Waals surface area contributed by atoms with E-state index in [4.69, 9.17) is 14.6 Å². The first-order chi connectivity index (χ1) is 12.5. The van der Waals surface area contributed by atoms with Gasteiger partial charge in [0.05, 0.1) is 6.61 Å². The largest absolute Gasteiger partial charge is 0.458 e. The van der Waals surface area contributed by atoms with Crippen LogP contribution in [0.1, 0.15) is 24.8 Å². The number of ether oxygens (including phenoxy) is 2. The molecule has 1 rings (SSSR count). The van der Waals surface area contributed by atoms with Gasteiger partial charge in [0.25, 0.3) is 0 Å². The molecule has 0 aliphatic rings. The van der Waals surface area contributed by atoms with Gasteiger partial charge in [-0.25, -0.2) is 9.59 Å². The van der Waals surface area contributed by atoms with E-state index in [1.807, 2.05) is 30.3 Å². The van der Waals surface area contributed by atoms with Crippen LogP contribution in [0.3, 0.4) is 0 Å². The fraction of sp³-hybridized carbons (Fsp3) is 0.400. The van der Waals surface area contributed by atoms with Gasteiger partial charge in [-0.1, -0.05) is 43.5 Å². The van der Waals surface area contributed by atoms with Crippen LogP contribution >= 0.6 is 0 Å². The van der Waals surface area contributed by atoms with E-state index in [1.54, 1.807) is 0 Å². The van der Waals surface area contributed by atoms with Crippen LogP contribution < -0.4 is 0 Å². The predicted molar refractivity (Wildman–Crippen MR) is 97.3 cm³/mol. The molecule has 0 fully saturated rings. The first-order valence-electron chi connectivity index (χ1n) is 8.47. The highest BCUT2D eigenvalue weighted by molar-refractivity contribution is 5.88. The maximum atomic E-state index is 12.0. The summed E-state index contributed by atoms with van der Waals surface area (Å²) in [6, 6.07) is 9.66. The number of carbonyl (C=O) groups excluding carboxylic acids is 2. The van der Waals surface area contributed by atoms with Crippen molar-refractivity contribution >= 4 is 11.9 Å². The minimum Gasteiger partial charge on any atom is -0.458 e. The Bertz CT molecular complexity index is 608. The summed E-state index contributed by atoms with van der Waals surface area (Å²) >= 11 is 0. The Kier molecular flexibility index (Phi) is 9.97. The number of carbonyl (C=O) groups is 2. The van der Waals surface area contributed by atoms with Gasteiger partial charge in [-0.05, 0) is 31.2 Å². The third-order valence-corrected chi connectivity index (χ3v) is 3.65. The van der Waals surface area contributed by atoms with Gasteiger partial charge in [0, 0.05) is 17.8 Å². The zero-order valence-corrected chi connectivity index (χ0v) is 14.9. The molecule has 0 bridgehead atoms. The molecule has 0 radical (unpaired) electrons. The van der Waals surface area contributed by atoms with Crippen molar-refractivity contribution in [3.8, 4) is 0 Å². The minimum atomic E-state index is -0.967. The van der Waals surface area contributed by atoms with E-state index in [0.717, 1.165) is 5.56 Å². The molecule has 1 unspecified atom stereocenters. The highest BCUT2D eigenvalue weighted by Crippen LogP contribution is 2.11. The monoisotopic (exact) mass is 362 g/mol. The topological polar surface area (TPSA) is 93.1 Å². The van der Waals surface area contributed by atoms with Crippen LogP contribution in [0.2, 0.25) is 0 Å². The maximum absolute atomic E-state index is 12.0. The molecule has 0 saturated carbocycles. The molecule has 0 aromatic heterocycles. The summed E-state index contributed by atoms with van der Waals surface area (Å²) in [5.74, 6) is -1.27. The fourth-order valence-electron chi connectivity index (χ4n) is 2.07. The lowest BCUT2D eigenvalue weighted by Gasteiger charge is -2.17. The van der Waals surface area contributed by atoms with Gasteiger partial charge in [0.15, 0.2) is 6.10 Å². The summed E-state index contributed by atoms with van der Waals surface area (Å²) in [6.45, 7) is 6.48. The molecule has 0 heterocycles. The summed E-state index contributed by atoms with van der Waals surface area (Å²) in [5.41, 5.74) is 1.58. The van der Waals surface area contributed by atoms with E-state index in [1.165, 1.54) is 0 Å². The fourth-order valence-corrected chi connectivity index (χ4v) is 2.07. The van der Waals surface area contributed by atoms with E-state index >= 15 is 0 Å². The van der Waals surface area contributed by atoms with E-state index in [-0.39, 0.29) is 24.4 Å². The smallest absolute Gasteiger partial charge is 0.333 e. The predicted octanol–water partition coefficient (Wildman–Crippen LogP) is 1.95. The summed E-state index contributed by atoms with van der Waals surface area (Å²) in [4.78, 5) is 23.7. The van der Waals surface area contributed by atoms with E-state index in [9.17, 15) is 14.7 Å². The van der Waals surface area contributed by atoms with Gasteiger partial charge >= 0.3 is 11.9 Å². The van der Waals surface area contributed by atoms with Crippen molar-refractivity contribution in [1.82, 2.24) is 0 Å². The van der Waals surface area contributed by atoms with E-state index < -0.39 is 24.6 Å². The molecule has 0 aliphatic heterocycles. The lowest BCUT2D eigenvalue weighted by molar-refractivity contribution is -0.156. The quantitative estimate of drug-likeness (QED) is 0.436. The Morgan fingerprint density at radius 2 is 1.65 bits per heavy atom. The van der Waals surface area contributed by atoms with Crippen LogP contribution in [0.5, 0.6) is 0 Å². The number of esters is 2. The van der Waals surface area contributed by atoms with Crippen LogP contribution in [0, 0.1) is 0 Å². The third kappa shape index (κ3) is 8.09. The summed E-state index contributed by atoms with van der Waals surface area (Å²) < 4.78 is 10.1. The van der Waals surface area contributed by atoms with Gasteiger partial charge < -0.3 is 19.7 Å². The molecule has 0 spiro atoms. The average Bonchev–Trinajstić information content (AvgIpc) is 2.67. The highest BCUT2D eigenvalue weighted by atomic mass is 16.6. The molecule has 6 heteroatoms. The van der Waals surface area contributed by atoms with Crippen molar-refractivity contribution in [2.45, 2.75) is 31.8 Å². The number of benzene rings is 1.